The van der Waals surface area contributed by atoms with E-state index in [1.54, 1.807) is 0 Å². The Morgan fingerprint density at radius 2 is 1.91 bits per heavy atom. The summed E-state index contributed by atoms with van der Waals surface area (Å²) in [4.78, 5) is 4.49. The van der Waals surface area contributed by atoms with Crippen molar-refractivity contribution in [2.24, 2.45) is 0 Å². The summed E-state index contributed by atoms with van der Waals surface area (Å²) in [6.45, 7) is 4.23. The van der Waals surface area contributed by atoms with Crippen molar-refractivity contribution in [3.8, 4) is 17.4 Å². The van der Waals surface area contributed by atoms with Gasteiger partial charge in [-0.3, -0.25) is 9.67 Å². The molecule has 22 heavy (non-hydrogen) atoms. The quantitative estimate of drug-likeness (QED) is 0.687. The molecule has 0 saturated carbocycles. The highest BCUT2D eigenvalue weighted by molar-refractivity contribution is 7.99. The molecule has 0 aliphatic carbocycles. The molecule has 0 aliphatic rings. The van der Waals surface area contributed by atoms with Gasteiger partial charge in [-0.15, -0.1) is 0 Å². The number of aromatic hydroxyl groups is 2. The van der Waals surface area contributed by atoms with Gasteiger partial charge in [-0.25, -0.2) is 4.98 Å². The fourth-order valence-electron chi connectivity index (χ4n) is 2.15. The second-order valence-corrected chi connectivity index (χ2v) is 6.20. The molecule has 114 valence electrons. The molecule has 2 heterocycles. The standard InChI is InChI=1S/C15H16N4O2S/c1-9(2)10-3-5-11(6-4-10)19-13(20)7-12(14(19)21)22-15-16-8-17-18-15/h3-9,20-21H,1-2H3,(H,16,17,18). The van der Waals surface area contributed by atoms with Crippen LogP contribution >= 0.6 is 11.8 Å². The molecule has 0 bridgehead atoms. The van der Waals surface area contributed by atoms with E-state index in [-0.39, 0.29) is 11.8 Å². The van der Waals surface area contributed by atoms with Crippen molar-refractivity contribution in [2.45, 2.75) is 29.8 Å². The summed E-state index contributed by atoms with van der Waals surface area (Å²) >= 11 is 1.20. The number of hydrogen-bond donors (Lipinski definition) is 3. The fourth-order valence-corrected chi connectivity index (χ4v) is 2.90. The van der Waals surface area contributed by atoms with Gasteiger partial charge in [0.05, 0.1) is 10.6 Å². The second-order valence-electron chi connectivity index (χ2n) is 5.16. The first-order chi connectivity index (χ1) is 10.6. The summed E-state index contributed by atoms with van der Waals surface area (Å²) in [6.07, 6.45) is 1.39. The smallest absolute Gasteiger partial charge is 0.213 e. The lowest BCUT2D eigenvalue weighted by Gasteiger charge is -2.10. The molecule has 0 spiro atoms. The number of rotatable bonds is 4. The average Bonchev–Trinajstić information content (AvgIpc) is 3.09. The highest BCUT2D eigenvalue weighted by atomic mass is 32.2. The highest BCUT2D eigenvalue weighted by Gasteiger charge is 2.17. The number of H-pyrrole nitrogens is 1. The van der Waals surface area contributed by atoms with E-state index >= 15 is 0 Å². The number of benzene rings is 1. The monoisotopic (exact) mass is 316 g/mol. The van der Waals surface area contributed by atoms with Gasteiger partial charge in [0, 0.05) is 6.07 Å². The molecule has 1 aromatic carbocycles. The maximum atomic E-state index is 10.4. The Balaban J connectivity index is 1.95. The third-order valence-corrected chi connectivity index (χ3v) is 4.25. The van der Waals surface area contributed by atoms with E-state index < -0.39 is 0 Å². The van der Waals surface area contributed by atoms with Crippen LogP contribution in [-0.2, 0) is 0 Å². The van der Waals surface area contributed by atoms with Gasteiger partial charge >= 0.3 is 0 Å². The Morgan fingerprint density at radius 3 is 2.50 bits per heavy atom. The lowest BCUT2D eigenvalue weighted by Crippen LogP contribution is -1.94. The Bertz CT molecular complexity index is 764. The zero-order chi connectivity index (χ0) is 15.7. The number of nitrogens with zero attached hydrogens (tertiary/aromatic N) is 3. The van der Waals surface area contributed by atoms with Crippen molar-refractivity contribution in [2.75, 3.05) is 0 Å². The molecule has 2 aromatic heterocycles. The van der Waals surface area contributed by atoms with Gasteiger partial charge in [0.2, 0.25) is 5.88 Å². The van der Waals surface area contributed by atoms with Crippen molar-refractivity contribution in [1.82, 2.24) is 19.7 Å². The molecule has 0 aliphatic heterocycles. The van der Waals surface area contributed by atoms with E-state index in [1.807, 2.05) is 24.3 Å². The number of hydrogen-bond acceptors (Lipinski definition) is 5. The molecule has 0 atom stereocenters. The summed E-state index contributed by atoms with van der Waals surface area (Å²) in [5, 5.41) is 27.5. The van der Waals surface area contributed by atoms with Gasteiger partial charge in [0.15, 0.2) is 11.0 Å². The summed E-state index contributed by atoms with van der Waals surface area (Å²) < 4.78 is 1.39. The van der Waals surface area contributed by atoms with E-state index in [4.69, 9.17) is 0 Å². The second kappa shape index (κ2) is 5.76. The lowest BCUT2D eigenvalue weighted by atomic mass is 10.0. The highest BCUT2D eigenvalue weighted by Crippen LogP contribution is 2.39. The topological polar surface area (TPSA) is 87.0 Å². The Hall–Kier alpha value is -2.41. The van der Waals surface area contributed by atoms with Crippen LogP contribution in [0.5, 0.6) is 11.8 Å². The van der Waals surface area contributed by atoms with E-state index in [2.05, 4.69) is 29.0 Å². The molecule has 0 fully saturated rings. The molecule has 3 rings (SSSR count). The first-order valence-corrected chi connectivity index (χ1v) is 7.65. The zero-order valence-electron chi connectivity index (χ0n) is 12.2. The number of aromatic nitrogens is 4. The van der Waals surface area contributed by atoms with E-state index in [0.29, 0.717) is 21.7 Å². The molecular weight excluding hydrogens is 300 g/mol. The molecule has 0 saturated heterocycles. The van der Waals surface area contributed by atoms with Gasteiger partial charge in [-0.2, -0.15) is 5.10 Å². The van der Waals surface area contributed by atoms with Crippen LogP contribution in [0.4, 0.5) is 0 Å². The first-order valence-electron chi connectivity index (χ1n) is 6.83. The van der Waals surface area contributed by atoms with Crippen LogP contribution in [0.15, 0.2) is 46.7 Å². The summed E-state index contributed by atoms with van der Waals surface area (Å²) in [7, 11) is 0. The van der Waals surface area contributed by atoms with E-state index in [9.17, 15) is 10.2 Å². The van der Waals surface area contributed by atoms with Gasteiger partial charge in [0.1, 0.15) is 6.33 Å². The summed E-state index contributed by atoms with van der Waals surface area (Å²) in [5.41, 5.74) is 1.90. The van der Waals surface area contributed by atoms with Gasteiger partial charge in [-0.1, -0.05) is 26.0 Å². The lowest BCUT2D eigenvalue weighted by molar-refractivity contribution is 0.398. The van der Waals surface area contributed by atoms with Crippen molar-refractivity contribution in [1.29, 1.82) is 0 Å². The minimum Gasteiger partial charge on any atom is -0.494 e. The minimum atomic E-state index is -0.0313. The molecular formula is C15H16N4O2S. The normalized spacial score (nSPS) is 11.2. The Labute approximate surface area is 131 Å². The summed E-state index contributed by atoms with van der Waals surface area (Å²) in [6, 6.07) is 9.22. The van der Waals surface area contributed by atoms with Crippen LogP contribution in [0.1, 0.15) is 25.3 Å². The largest absolute Gasteiger partial charge is 0.494 e. The average molecular weight is 316 g/mol. The first kappa shape index (κ1) is 14.5. The van der Waals surface area contributed by atoms with Crippen LogP contribution < -0.4 is 0 Å². The molecule has 7 heteroatoms. The Kier molecular flexibility index (Phi) is 3.81. The molecule has 3 aromatic rings. The predicted octanol–water partition coefficient (Wildman–Crippen LogP) is 3.28. The predicted molar refractivity (Wildman–Crippen MR) is 83.7 cm³/mol. The van der Waals surface area contributed by atoms with Crippen LogP contribution in [-0.4, -0.2) is 30.0 Å². The third-order valence-electron chi connectivity index (χ3n) is 3.34. The van der Waals surface area contributed by atoms with Crippen molar-refractivity contribution in [3.63, 3.8) is 0 Å². The maximum absolute atomic E-state index is 10.4. The Morgan fingerprint density at radius 1 is 1.18 bits per heavy atom. The molecule has 0 radical (unpaired) electrons. The minimum absolute atomic E-state index is 0.0307. The van der Waals surface area contributed by atoms with Gasteiger partial charge < -0.3 is 10.2 Å². The van der Waals surface area contributed by atoms with Gasteiger partial charge in [-0.05, 0) is 35.4 Å². The van der Waals surface area contributed by atoms with Crippen LogP contribution in [0, 0.1) is 0 Å². The number of nitrogens with one attached hydrogen (secondary N) is 1. The third kappa shape index (κ3) is 2.67. The maximum Gasteiger partial charge on any atom is 0.213 e. The van der Waals surface area contributed by atoms with Gasteiger partial charge in [0.25, 0.3) is 0 Å². The fraction of sp³-hybridized carbons (Fsp3) is 0.200. The van der Waals surface area contributed by atoms with E-state index in [1.165, 1.54) is 34.3 Å². The summed E-state index contributed by atoms with van der Waals surface area (Å²) in [5.74, 6) is 0.367. The van der Waals surface area contributed by atoms with Crippen LogP contribution in [0.2, 0.25) is 0 Å². The molecule has 6 nitrogen and oxygen atoms in total. The van der Waals surface area contributed by atoms with Crippen molar-refractivity contribution in [3.05, 3.63) is 42.2 Å². The molecule has 0 amide bonds. The number of aromatic amines is 1. The van der Waals surface area contributed by atoms with Crippen LogP contribution in [0.3, 0.4) is 0 Å². The van der Waals surface area contributed by atoms with Crippen LogP contribution in [0.25, 0.3) is 5.69 Å². The van der Waals surface area contributed by atoms with E-state index in [0.717, 1.165) is 0 Å². The molecule has 0 unspecified atom stereocenters. The van der Waals surface area contributed by atoms with Crippen molar-refractivity contribution < 1.29 is 10.2 Å². The zero-order valence-corrected chi connectivity index (χ0v) is 13.0. The van der Waals surface area contributed by atoms with Crippen molar-refractivity contribution >= 4 is 11.8 Å². The SMILES string of the molecule is CC(C)c1ccc(-n2c(O)cc(Sc3ncn[nH]3)c2O)cc1. The molecule has 3 N–H and O–H groups in total.